The van der Waals surface area contributed by atoms with Gasteiger partial charge in [-0.1, -0.05) is 0 Å². The van der Waals surface area contributed by atoms with Gasteiger partial charge in [-0.15, -0.1) is 0 Å². The van der Waals surface area contributed by atoms with E-state index in [1.165, 1.54) is 9.80 Å². The first kappa shape index (κ1) is 14.5. The van der Waals surface area contributed by atoms with Crippen molar-refractivity contribution in [3.05, 3.63) is 0 Å². The van der Waals surface area contributed by atoms with E-state index in [1.54, 1.807) is 4.90 Å². The number of rotatable bonds is 3. The summed E-state index contributed by atoms with van der Waals surface area (Å²) in [5.74, 6) is -1.18. The number of likely N-dealkylation sites (N-methyl/N-ethyl adjacent to an activating group) is 1. The molecule has 0 aromatic rings. The molecule has 20 heavy (non-hydrogen) atoms. The number of carbonyl (C=O) groups is 4. The molecule has 2 fully saturated rings. The standard InChI is InChI=1S/C13H19N3O4/c1-2-14-7-8-16(13(20)12(14)19)9-11(18)15-5-3-10(17)4-6-15/h2-9H2,1H3. The first-order chi connectivity index (χ1) is 9.52. The average Bonchev–Trinajstić information content (AvgIpc) is 2.45. The molecule has 0 aromatic heterocycles. The SMILES string of the molecule is CCN1CCN(CC(=O)N2CCC(=O)CC2)C(=O)C1=O. The molecule has 0 radical (unpaired) electrons. The highest BCUT2D eigenvalue weighted by molar-refractivity contribution is 6.35. The maximum atomic E-state index is 12.1. The van der Waals surface area contributed by atoms with E-state index >= 15 is 0 Å². The van der Waals surface area contributed by atoms with Crippen molar-refractivity contribution in [2.45, 2.75) is 19.8 Å². The molecular weight excluding hydrogens is 262 g/mol. The van der Waals surface area contributed by atoms with Gasteiger partial charge in [-0.05, 0) is 6.92 Å². The number of Topliss-reactive ketones (excluding diaryl/α,β-unsaturated/α-hetero) is 1. The second-order valence-corrected chi connectivity index (χ2v) is 5.03. The van der Waals surface area contributed by atoms with Crippen molar-refractivity contribution in [2.24, 2.45) is 0 Å². The van der Waals surface area contributed by atoms with Crippen LogP contribution in [0, 0.1) is 0 Å². The maximum absolute atomic E-state index is 12.1. The summed E-state index contributed by atoms with van der Waals surface area (Å²) in [5, 5.41) is 0. The molecule has 0 saturated carbocycles. The normalized spacial score (nSPS) is 20.6. The lowest BCUT2D eigenvalue weighted by atomic mass is 10.1. The van der Waals surface area contributed by atoms with Crippen LogP contribution in [0.4, 0.5) is 0 Å². The fraction of sp³-hybridized carbons (Fsp3) is 0.692. The van der Waals surface area contributed by atoms with Gasteiger partial charge in [0.15, 0.2) is 0 Å². The number of amides is 3. The third kappa shape index (κ3) is 2.97. The Morgan fingerprint density at radius 3 is 2.10 bits per heavy atom. The van der Waals surface area contributed by atoms with Crippen LogP contribution in [0.15, 0.2) is 0 Å². The van der Waals surface area contributed by atoms with Gasteiger partial charge in [0.25, 0.3) is 0 Å². The van der Waals surface area contributed by atoms with E-state index in [9.17, 15) is 19.2 Å². The Morgan fingerprint density at radius 1 is 0.950 bits per heavy atom. The Balaban J connectivity index is 1.90. The second-order valence-electron chi connectivity index (χ2n) is 5.03. The number of nitrogens with zero attached hydrogens (tertiary/aromatic N) is 3. The van der Waals surface area contributed by atoms with E-state index in [2.05, 4.69) is 0 Å². The summed E-state index contributed by atoms with van der Waals surface area (Å²) < 4.78 is 0. The van der Waals surface area contributed by atoms with Crippen molar-refractivity contribution in [1.82, 2.24) is 14.7 Å². The van der Waals surface area contributed by atoms with Gasteiger partial charge in [0, 0.05) is 45.6 Å². The molecular formula is C13H19N3O4. The molecule has 7 heteroatoms. The van der Waals surface area contributed by atoms with Crippen molar-refractivity contribution < 1.29 is 19.2 Å². The van der Waals surface area contributed by atoms with Crippen LogP contribution < -0.4 is 0 Å². The molecule has 0 N–H and O–H groups in total. The van der Waals surface area contributed by atoms with Crippen LogP contribution in [0.25, 0.3) is 0 Å². The number of piperidine rings is 1. The highest BCUT2D eigenvalue weighted by Crippen LogP contribution is 2.09. The largest absolute Gasteiger partial charge is 0.340 e. The summed E-state index contributed by atoms with van der Waals surface area (Å²) in [6.07, 6.45) is 0.754. The zero-order chi connectivity index (χ0) is 14.7. The zero-order valence-corrected chi connectivity index (χ0v) is 11.6. The minimum atomic E-state index is -0.612. The summed E-state index contributed by atoms with van der Waals surface area (Å²) >= 11 is 0. The van der Waals surface area contributed by atoms with Crippen molar-refractivity contribution in [2.75, 3.05) is 39.3 Å². The van der Waals surface area contributed by atoms with Crippen LogP contribution in [0.3, 0.4) is 0 Å². The van der Waals surface area contributed by atoms with Crippen LogP contribution in [-0.2, 0) is 19.2 Å². The highest BCUT2D eigenvalue weighted by atomic mass is 16.2. The average molecular weight is 281 g/mol. The number of carbonyl (C=O) groups excluding carboxylic acids is 4. The molecule has 0 aromatic carbocycles. The van der Waals surface area contributed by atoms with E-state index in [0.29, 0.717) is 45.6 Å². The number of hydrogen-bond acceptors (Lipinski definition) is 4. The Kier molecular flexibility index (Phi) is 4.36. The quantitative estimate of drug-likeness (QED) is 0.613. The van der Waals surface area contributed by atoms with Crippen LogP contribution in [0.1, 0.15) is 19.8 Å². The molecule has 0 spiro atoms. The zero-order valence-electron chi connectivity index (χ0n) is 11.6. The number of likely N-dealkylation sites (tertiary alicyclic amines) is 1. The fourth-order valence-electron chi connectivity index (χ4n) is 2.44. The Hall–Kier alpha value is -1.92. The van der Waals surface area contributed by atoms with Crippen LogP contribution in [0.5, 0.6) is 0 Å². The molecule has 2 aliphatic heterocycles. The van der Waals surface area contributed by atoms with Gasteiger partial charge in [-0.3, -0.25) is 19.2 Å². The molecule has 110 valence electrons. The van der Waals surface area contributed by atoms with E-state index in [0.717, 1.165) is 0 Å². The van der Waals surface area contributed by atoms with E-state index in [4.69, 9.17) is 0 Å². The van der Waals surface area contributed by atoms with E-state index in [-0.39, 0.29) is 18.2 Å². The van der Waals surface area contributed by atoms with Crippen molar-refractivity contribution in [3.8, 4) is 0 Å². The Morgan fingerprint density at radius 2 is 1.50 bits per heavy atom. The lowest BCUT2D eigenvalue weighted by molar-refractivity contribution is -0.157. The minimum Gasteiger partial charge on any atom is -0.340 e. The fourth-order valence-corrected chi connectivity index (χ4v) is 2.44. The van der Waals surface area contributed by atoms with Gasteiger partial charge in [0.2, 0.25) is 5.91 Å². The molecule has 7 nitrogen and oxygen atoms in total. The predicted molar refractivity (Wildman–Crippen MR) is 69.7 cm³/mol. The number of piperazine rings is 1. The molecule has 3 amide bonds. The van der Waals surface area contributed by atoms with Gasteiger partial charge in [0.05, 0.1) is 0 Å². The molecule has 2 heterocycles. The minimum absolute atomic E-state index is 0.0731. The highest BCUT2D eigenvalue weighted by Gasteiger charge is 2.33. The van der Waals surface area contributed by atoms with Crippen molar-refractivity contribution >= 4 is 23.5 Å². The number of hydrogen-bond donors (Lipinski definition) is 0. The molecule has 0 bridgehead atoms. The Labute approximate surface area is 117 Å². The molecule has 0 unspecified atom stereocenters. The van der Waals surface area contributed by atoms with Crippen molar-refractivity contribution in [1.29, 1.82) is 0 Å². The van der Waals surface area contributed by atoms with E-state index < -0.39 is 11.8 Å². The molecule has 0 aliphatic carbocycles. The first-order valence-corrected chi connectivity index (χ1v) is 6.90. The topological polar surface area (TPSA) is 78.0 Å². The van der Waals surface area contributed by atoms with Gasteiger partial charge in [0.1, 0.15) is 12.3 Å². The van der Waals surface area contributed by atoms with Gasteiger partial charge in [-0.25, -0.2) is 0 Å². The molecule has 2 aliphatic rings. The molecule has 2 saturated heterocycles. The van der Waals surface area contributed by atoms with Crippen molar-refractivity contribution in [3.63, 3.8) is 0 Å². The third-order valence-corrected chi connectivity index (χ3v) is 3.78. The summed E-state index contributed by atoms with van der Waals surface area (Å²) in [6.45, 7) is 3.92. The Bertz CT molecular complexity index is 439. The smallest absolute Gasteiger partial charge is 0.312 e. The van der Waals surface area contributed by atoms with E-state index in [1.807, 2.05) is 6.92 Å². The predicted octanol–water partition coefficient (Wildman–Crippen LogP) is -1.13. The van der Waals surface area contributed by atoms with Crippen LogP contribution >= 0.6 is 0 Å². The summed E-state index contributed by atoms with van der Waals surface area (Å²) in [4.78, 5) is 51.2. The molecule has 0 atom stereocenters. The summed E-state index contributed by atoms with van der Waals surface area (Å²) in [7, 11) is 0. The monoisotopic (exact) mass is 281 g/mol. The number of ketones is 1. The lowest BCUT2D eigenvalue weighted by Crippen LogP contribution is -2.56. The van der Waals surface area contributed by atoms with Crippen LogP contribution in [0.2, 0.25) is 0 Å². The van der Waals surface area contributed by atoms with Gasteiger partial charge in [-0.2, -0.15) is 0 Å². The summed E-state index contributed by atoms with van der Waals surface area (Å²) in [5.41, 5.74) is 0. The molecule has 2 rings (SSSR count). The summed E-state index contributed by atoms with van der Waals surface area (Å²) in [6, 6.07) is 0. The van der Waals surface area contributed by atoms with Gasteiger partial charge < -0.3 is 14.7 Å². The first-order valence-electron chi connectivity index (χ1n) is 6.90. The third-order valence-electron chi connectivity index (χ3n) is 3.78. The van der Waals surface area contributed by atoms with Gasteiger partial charge >= 0.3 is 11.8 Å². The van der Waals surface area contributed by atoms with Crippen LogP contribution in [-0.4, -0.2) is 77.5 Å². The lowest BCUT2D eigenvalue weighted by Gasteiger charge is -2.34. The second kappa shape index (κ2) is 6.02. The maximum Gasteiger partial charge on any atom is 0.312 e.